The van der Waals surface area contributed by atoms with Gasteiger partial charge < -0.3 is 10.2 Å². The monoisotopic (exact) mass is 250 g/mol. The number of carbonyl (C=O) groups is 2. The Kier molecular flexibility index (Phi) is 2.73. The van der Waals surface area contributed by atoms with Gasteiger partial charge >= 0.3 is 11.9 Å². The number of aromatic carboxylic acids is 2. The van der Waals surface area contributed by atoms with E-state index in [2.05, 4.69) is 0 Å². The van der Waals surface area contributed by atoms with Gasteiger partial charge in [0.05, 0.1) is 16.1 Å². The Morgan fingerprint density at radius 2 is 1.71 bits per heavy atom. The first kappa shape index (κ1) is 11.4. The van der Waals surface area contributed by atoms with E-state index in [1.807, 2.05) is 0 Å². The molecule has 0 aromatic heterocycles. The van der Waals surface area contributed by atoms with Crippen molar-refractivity contribution in [1.29, 1.82) is 0 Å². The van der Waals surface area contributed by atoms with Crippen LogP contribution in [0.4, 0.5) is 0 Å². The molecule has 0 bridgehead atoms. The minimum Gasteiger partial charge on any atom is -0.478 e. The normalized spacial score (nSPS) is 10.4. The van der Waals surface area contributed by atoms with E-state index in [0.717, 1.165) is 0 Å². The molecule has 0 amide bonds. The second kappa shape index (κ2) is 4.07. The van der Waals surface area contributed by atoms with Crippen LogP contribution in [0.5, 0.6) is 0 Å². The molecule has 2 aromatic carbocycles. The van der Waals surface area contributed by atoms with Crippen LogP contribution in [0.2, 0.25) is 5.02 Å². The maximum Gasteiger partial charge on any atom is 0.338 e. The van der Waals surface area contributed by atoms with Crippen molar-refractivity contribution in [2.24, 2.45) is 0 Å². The van der Waals surface area contributed by atoms with Crippen LogP contribution in [0.25, 0.3) is 10.8 Å². The molecule has 0 heterocycles. The van der Waals surface area contributed by atoms with Gasteiger partial charge in [0, 0.05) is 5.39 Å². The zero-order valence-corrected chi connectivity index (χ0v) is 9.23. The second-order valence-corrected chi connectivity index (χ2v) is 3.82. The lowest BCUT2D eigenvalue weighted by molar-refractivity contribution is 0.0652. The highest BCUT2D eigenvalue weighted by Crippen LogP contribution is 2.30. The summed E-state index contributed by atoms with van der Waals surface area (Å²) in [5, 5.41) is 19.1. The molecule has 0 spiro atoms. The smallest absolute Gasteiger partial charge is 0.338 e. The molecule has 5 heteroatoms. The van der Waals surface area contributed by atoms with Gasteiger partial charge in [-0.25, -0.2) is 9.59 Å². The Bertz CT molecular complexity index is 634. The topological polar surface area (TPSA) is 74.6 Å². The van der Waals surface area contributed by atoms with Crippen molar-refractivity contribution >= 4 is 34.3 Å². The lowest BCUT2D eigenvalue weighted by Gasteiger charge is -2.08. The summed E-state index contributed by atoms with van der Waals surface area (Å²) in [7, 11) is 0. The summed E-state index contributed by atoms with van der Waals surface area (Å²) in [5.41, 5.74) is -0.681. The van der Waals surface area contributed by atoms with Crippen molar-refractivity contribution < 1.29 is 19.8 Å². The summed E-state index contributed by atoms with van der Waals surface area (Å²) in [6.45, 7) is 0. The highest BCUT2D eigenvalue weighted by atomic mass is 35.5. The van der Waals surface area contributed by atoms with Crippen molar-refractivity contribution in [3.63, 3.8) is 0 Å². The molecule has 0 atom stereocenters. The maximum absolute atomic E-state index is 11.0. The fourth-order valence-corrected chi connectivity index (χ4v) is 2.04. The zero-order chi connectivity index (χ0) is 12.6. The van der Waals surface area contributed by atoms with Gasteiger partial charge in [-0.05, 0) is 11.5 Å². The SMILES string of the molecule is O=C(O)c1cc2ccccc2c(Cl)c1C(=O)O. The Hall–Kier alpha value is -2.07. The molecule has 0 radical (unpaired) electrons. The Labute approximate surface area is 101 Å². The summed E-state index contributed by atoms with van der Waals surface area (Å²) in [5.74, 6) is -2.66. The lowest BCUT2D eigenvalue weighted by atomic mass is 10.0. The standard InChI is InChI=1S/C12H7ClO4/c13-10-7-4-2-1-3-6(7)5-8(11(14)15)9(10)12(16)17/h1-5H,(H,14,15)(H,16,17). The number of rotatable bonds is 2. The molecule has 0 unspecified atom stereocenters. The molecule has 0 aliphatic carbocycles. The van der Waals surface area contributed by atoms with Gasteiger partial charge in [0.15, 0.2) is 0 Å². The van der Waals surface area contributed by atoms with Crippen molar-refractivity contribution in [2.45, 2.75) is 0 Å². The van der Waals surface area contributed by atoms with E-state index in [9.17, 15) is 9.59 Å². The summed E-state index contributed by atoms with van der Waals surface area (Å²) in [6, 6.07) is 8.08. The molecule has 17 heavy (non-hydrogen) atoms. The Balaban J connectivity index is 2.94. The van der Waals surface area contributed by atoms with Gasteiger partial charge in [0.2, 0.25) is 0 Å². The van der Waals surface area contributed by atoms with E-state index < -0.39 is 11.9 Å². The van der Waals surface area contributed by atoms with Crippen LogP contribution < -0.4 is 0 Å². The quantitative estimate of drug-likeness (QED) is 0.859. The Morgan fingerprint density at radius 3 is 2.29 bits per heavy atom. The zero-order valence-electron chi connectivity index (χ0n) is 8.48. The van der Waals surface area contributed by atoms with Gasteiger partial charge in [-0.3, -0.25) is 0 Å². The molecule has 0 saturated heterocycles. The molecular weight excluding hydrogens is 244 g/mol. The van der Waals surface area contributed by atoms with Crippen molar-refractivity contribution in [2.75, 3.05) is 0 Å². The molecule has 0 saturated carbocycles. The predicted molar refractivity (Wildman–Crippen MR) is 62.9 cm³/mol. The number of benzene rings is 2. The Morgan fingerprint density at radius 1 is 1.06 bits per heavy atom. The van der Waals surface area contributed by atoms with E-state index in [4.69, 9.17) is 21.8 Å². The first-order valence-electron chi connectivity index (χ1n) is 4.70. The minimum atomic E-state index is -1.35. The van der Waals surface area contributed by atoms with Crippen LogP contribution in [0.1, 0.15) is 20.7 Å². The highest BCUT2D eigenvalue weighted by Gasteiger charge is 2.21. The summed E-state index contributed by atoms with van der Waals surface area (Å²) in [4.78, 5) is 22.0. The van der Waals surface area contributed by atoms with Crippen LogP contribution in [0.3, 0.4) is 0 Å². The average molecular weight is 251 g/mol. The van der Waals surface area contributed by atoms with Crippen LogP contribution >= 0.6 is 11.6 Å². The summed E-state index contributed by atoms with van der Waals surface area (Å²) >= 11 is 5.94. The maximum atomic E-state index is 11.0. The van der Waals surface area contributed by atoms with Crippen LogP contribution in [-0.4, -0.2) is 22.2 Å². The van der Waals surface area contributed by atoms with E-state index in [1.165, 1.54) is 6.07 Å². The fraction of sp³-hybridized carbons (Fsp3) is 0. The first-order chi connectivity index (χ1) is 8.02. The largest absolute Gasteiger partial charge is 0.478 e. The van der Waals surface area contributed by atoms with Crippen molar-refractivity contribution in [3.8, 4) is 0 Å². The van der Waals surface area contributed by atoms with Gasteiger partial charge in [-0.1, -0.05) is 35.9 Å². The lowest BCUT2D eigenvalue weighted by Crippen LogP contribution is -2.09. The molecule has 2 rings (SSSR count). The molecule has 0 fully saturated rings. The molecule has 86 valence electrons. The number of hydrogen-bond acceptors (Lipinski definition) is 2. The second-order valence-electron chi connectivity index (χ2n) is 3.44. The number of hydrogen-bond donors (Lipinski definition) is 2. The van der Waals surface area contributed by atoms with Gasteiger partial charge in [0.1, 0.15) is 0 Å². The molecule has 0 aliphatic heterocycles. The van der Waals surface area contributed by atoms with Crippen LogP contribution in [0, 0.1) is 0 Å². The average Bonchev–Trinajstić information content (AvgIpc) is 2.28. The first-order valence-corrected chi connectivity index (χ1v) is 5.08. The minimum absolute atomic E-state index is 0.0481. The summed E-state index contributed by atoms with van der Waals surface area (Å²) in [6.07, 6.45) is 0. The molecular formula is C12H7ClO4. The van der Waals surface area contributed by atoms with E-state index in [-0.39, 0.29) is 16.1 Å². The number of halogens is 1. The van der Waals surface area contributed by atoms with Crippen LogP contribution in [0.15, 0.2) is 30.3 Å². The van der Waals surface area contributed by atoms with Gasteiger partial charge in [-0.2, -0.15) is 0 Å². The van der Waals surface area contributed by atoms with Gasteiger partial charge in [-0.15, -0.1) is 0 Å². The number of carboxylic acids is 2. The molecule has 0 aliphatic rings. The van der Waals surface area contributed by atoms with E-state index >= 15 is 0 Å². The number of fused-ring (bicyclic) bond motifs is 1. The van der Waals surface area contributed by atoms with Crippen LogP contribution in [-0.2, 0) is 0 Å². The van der Waals surface area contributed by atoms with Crippen molar-refractivity contribution in [3.05, 3.63) is 46.5 Å². The third kappa shape index (κ3) is 1.83. The molecule has 2 N–H and O–H groups in total. The number of carboxylic acid groups (broad SMARTS) is 2. The third-order valence-electron chi connectivity index (χ3n) is 2.43. The predicted octanol–water partition coefficient (Wildman–Crippen LogP) is 2.89. The fourth-order valence-electron chi connectivity index (χ4n) is 1.68. The summed E-state index contributed by atoms with van der Waals surface area (Å²) < 4.78 is 0. The van der Waals surface area contributed by atoms with E-state index in [0.29, 0.717) is 10.8 Å². The molecule has 2 aromatic rings. The van der Waals surface area contributed by atoms with Crippen molar-refractivity contribution in [1.82, 2.24) is 0 Å². The third-order valence-corrected chi connectivity index (χ3v) is 2.82. The molecule has 4 nitrogen and oxygen atoms in total. The van der Waals surface area contributed by atoms with E-state index in [1.54, 1.807) is 24.3 Å². The highest BCUT2D eigenvalue weighted by molar-refractivity contribution is 6.39. The van der Waals surface area contributed by atoms with Gasteiger partial charge in [0.25, 0.3) is 0 Å².